The molecular weight excluding hydrogens is 436 g/mol. The fraction of sp³-hybridized carbons (Fsp3) is 0.294. The van der Waals surface area contributed by atoms with E-state index in [0.29, 0.717) is 12.0 Å². The first-order valence-electron chi connectivity index (χ1n) is 8.59. The number of ether oxygens (including phenoxy) is 1. The number of nitro groups is 1. The highest BCUT2D eigenvalue weighted by Crippen LogP contribution is 2.26. The van der Waals surface area contributed by atoms with Gasteiger partial charge in [-0.25, -0.2) is 14.6 Å². The van der Waals surface area contributed by atoms with E-state index in [4.69, 9.17) is 9.84 Å². The second kappa shape index (κ2) is 9.09. The Kier molecular flexibility index (Phi) is 6.52. The molecule has 13 heteroatoms. The maximum atomic E-state index is 12.6. The summed E-state index contributed by atoms with van der Waals surface area (Å²) in [6.45, 7) is 0.0753. The van der Waals surface area contributed by atoms with Crippen LogP contribution in [-0.2, 0) is 16.1 Å². The van der Waals surface area contributed by atoms with Crippen LogP contribution in [0.4, 0.5) is 15.6 Å². The molecule has 1 aromatic heterocycles. The third-order valence-electron chi connectivity index (χ3n) is 4.27. The summed E-state index contributed by atoms with van der Waals surface area (Å²) in [6, 6.07) is 4.71. The molecule has 158 valence electrons. The Morgan fingerprint density at radius 1 is 1.37 bits per heavy atom. The molecule has 1 fully saturated rings. The van der Waals surface area contributed by atoms with Gasteiger partial charge in [-0.3, -0.25) is 19.8 Å². The van der Waals surface area contributed by atoms with Crippen LogP contribution in [0.2, 0.25) is 0 Å². The number of carbonyl (C=O) groups is 3. The Balaban J connectivity index is 1.61. The van der Waals surface area contributed by atoms with Crippen LogP contribution >= 0.6 is 24.0 Å². The Hall–Kier alpha value is -3.19. The SMILES string of the molecule is O=C(O)c1cnc(NC(=O)[C@@H]2C[C@H](S)CN2C(=O)OCc2ccc([N+](=O)[O-])cc2)s1. The highest BCUT2D eigenvalue weighted by Gasteiger charge is 2.39. The van der Waals surface area contributed by atoms with Crippen molar-refractivity contribution in [3.63, 3.8) is 0 Å². The fourth-order valence-corrected chi connectivity index (χ4v) is 3.86. The second-order valence-electron chi connectivity index (χ2n) is 6.36. The van der Waals surface area contributed by atoms with Crippen molar-refractivity contribution in [1.82, 2.24) is 9.88 Å². The summed E-state index contributed by atoms with van der Waals surface area (Å²) in [6.07, 6.45) is 0.698. The molecule has 0 bridgehead atoms. The number of amides is 2. The molecule has 2 heterocycles. The summed E-state index contributed by atoms with van der Waals surface area (Å²) >= 11 is 5.15. The minimum Gasteiger partial charge on any atom is -0.477 e. The van der Waals surface area contributed by atoms with Crippen molar-refractivity contribution >= 4 is 52.8 Å². The molecule has 11 nitrogen and oxygen atoms in total. The molecule has 0 saturated carbocycles. The van der Waals surface area contributed by atoms with Gasteiger partial charge in [0.05, 0.1) is 11.1 Å². The number of aromatic nitrogens is 1. The van der Waals surface area contributed by atoms with Gasteiger partial charge in [0, 0.05) is 23.9 Å². The molecule has 0 unspecified atom stereocenters. The third kappa shape index (κ3) is 5.04. The van der Waals surface area contributed by atoms with Crippen molar-refractivity contribution in [2.75, 3.05) is 11.9 Å². The first-order chi connectivity index (χ1) is 14.2. The molecule has 0 spiro atoms. The Morgan fingerprint density at radius 3 is 2.67 bits per heavy atom. The van der Waals surface area contributed by atoms with Crippen LogP contribution in [0.1, 0.15) is 21.7 Å². The van der Waals surface area contributed by atoms with Gasteiger partial charge in [0.15, 0.2) is 5.13 Å². The largest absolute Gasteiger partial charge is 0.477 e. The number of carboxylic acids is 1. The van der Waals surface area contributed by atoms with Crippen LogP contribution < -0.4 is 5.32 Å². The van der Waals surface area contributed by atoms with E-state index < -0.39 is 28.9 Å². The van der Waals surface area contributed by atoms with Gasteiger partial charge in [-0.05, 0) is 24.1 Å². The second-order valence-corrected chi connectivity index (χ2v) is 8.12. The highest BCUT2D eigenvalue weighted by molar-refractivity contribution is 7.81. The third-order valence-corrected chi connectivity index (χ3v) is 5.55. The van der Waals surface area contributed by atoms with Crippen LogP contribution in [0.3, 0.4) is 0 Å². The number of thiazole rings is 1. The summed E-state index contributed by atoms with van der Waals surface area (Å²) in [5.74, 6) is -1.68. The van der Waals surface area contributed by atoms with Gasteiger partial charge >= 0.3 is 12.1 Å². The van der Waals surface area contributed by atoms with E-state index in [1.54, 1.807) is 0 Å². The molecular formula is C17H16N4O7S2. The van der Waals surface area contributed by atoms with Crippen molar-refractivity contribution in [1.29, 1.82) is 0 Å². The maximum absolute atomic E-state index is 12.6. The van der Waals surface area contributed by atoms with Crippen LogP contribution in [0.25, 0.3) is 0 Å². The number of nitrogens with zero attached hydrogens (tertiary/aromatic N) is 3. The number of non-ortho nitro benzene ring substituents is 1. The van der Waals surface area contributed by atoms with Crippen molar-refractivity contribution < 1.29 is 29.2 Å². The van der Waals surface area contributed by atoms with Crippen molar-refractivity contribution in [2.24, 2.45) is 0 Å². The normalized spacial score (nSPS) is 18.1. The summed E-state index contributed by atoms with van der Waals surface area (Å²) in [4.78, 5) is 51.2. The lowest BCUT2D eigenvalue weighted by Gasteiger charge is -2.22. The number of benzene rings is 1. The zero-order chi connectivity index (χ0) is 21.8. The van der Waals surface area contributed by atoms with Crippen molar-refractivity contribution in [3.8, 4) is 0 Å². The minimum absolute atomic E-state index is 0.0249. The van der Waals surface area contributed by atoms with E-state index in [-0.39, 0.29) is 34.1 Å². The number of carbonyl (C=O) groups excluding carboxylic acids is 2. The zero-order valence-electron chi connectivity index (χ0n) is 15.3. The Bertz CT molecular complexity index is 979. The lowest BCUT2D eigenvalue weighted by molar-refractivity contribution is -0.384. The Labute approximate surface area is 179 Å². The maximum Gasteiger partial charge on any atom is 0.410 e. The lowest BCUT2D eigenvalue weighted by Crippen LogP contribution is -2.43. The molecule has 30 heavy (non-hydrogen) atoms. The van der Waals surface area contributed by atoms with Gasteiger partial charge in [0.2, 0.25) is 5.91 Å². The Morgan fingerprint density at radius 2 is 2.07 bits per heavy atom. The number of carboxylic acid groups (broad SMARTS) is 1. The van der Waals surface area contributed by atoms with E-state index in [1.807, 2.05) is 0 Å². The first-order valence-corrected chi connectivity index (χ1v) is 9.92. The molecule has 1 saturated heterocycles. The molecule has 0 aliphatic carbocycles. The monoisotopic (exact) mass is 452 g/mol. The molecule has 3 rings (SSSR count). The molecule has 0 radical (unpaired) electrons. The number of nitro benzene ring substituents is 1. The van der Waals surface area contributed by atoms with Gasteiger partial charge in [0.1, 0.15) is 17.5 Å². The summed E-state index contributed by atoms with van der Waals surface area (Å²) < 4.78 is 5.24. The van der Waals surface area contributed by atoms with E-state index >= 15 is 0 Å². The number of anilines is 1. The summed E-state index contributed by atoms with van der Waals surface area (Å²) in [5.41, 5.74) is 0.480. The number of hydrogen-bond donors (Lipinski definition) is 3. The fourth-order valence-electron chi connectivity index (χ4n) is 2.83. The lowest BCUT2D eigenvalue weighted by atomic mass is 10.2. The summed E-state index contributed by atoms with van der Waals surface area (Å²) in [7, 11) is 0. The van der Waals surface area contributed by atoms with Crippen LogP contribution in [0.5, 0.6) is 0 Å². The number of rotatable bonds is 6. The van der Waals surface area contributed by atoms with Crippen LogP contribution in [0, 0.1) is 10.1 Å². The smallest absolute Gasteiger partial charge is 0.410 e. The predicted octanol–water partition coefficient (Wildman–Crippen LogP) is 2.40. The van der Waals surface area contributed by atoms with E-state index in [0.717, 1.165) is 17.5 Å². The summed E-state index contributed by atoms with van der Waals surface area (Å²) in [5, 5.41) is 22.0. The standard InChI is InChI=1S/C17H16N4O7S2/c22-14(19-16-18-6-13(30-16)15(23)24)12-5-11(29)7-20(12)17(25)28-8-9-1-3-10(4-2-9)21(26)27/h1-4,6,11-12,29H,5,7-8H2,(H,23,24)(H,18,19,22)/t11-,12-/m0/s1. The number of thiol groups is 1. The minimum atomic E-state index is -1.15. The van der Waals surface area contributed by atoms with Crippen LogP contribution in [-0.4, -0.2) is 55.7 Å². The highest BCUT2D eigenvalue weighted by atomic mass is 32.1. The van der Waals surface area contributed by atoms with Crippen LogP contribution in [0.15, 0.2) is 30.5 Å². The van der Waals surface area contributed by atoms with Crippen molar-refractivity contribution in [2.45, 2.75) is 24.3 Å². The first kappa shape index (κ1) is 21.5. The van der Waals surface area contributed by atoms with E-state index in [2.05, 4.69) is 22.9 Å². The van der Waals surface area contributed by atoms with Gasteiger partial charge in [0.25, 0.3) is 5.69 Å². The van der Waals surface area contributed by atoms with Gasteiger partial charge < -0.3 is 15.2 Å². The van der Waals surface area contributed by atoms with Gasteiger partial charge in [-0.15, -0.1) is 0 Å². The zero-order valence-corrected chi connectivity index (χ0v) is 17.0. The van der Waals surface area contributed by atoms with Crippen molar-refractivity contribution in [3.05, 3.63) is 51.0 Å². The number of hydrogen-bond acceptors (Lipinski definition) is 9. The molecule has 1 aromatic carbocycles. The molecule has 2 N–H and O–H groups in total. The van der Waals surface area contributed by atoms with Gasteiger partial charge in [-0.1, -0.05) is 11.3 Å². The number of nitrogens with one attached hydrogen (secondary N) is 1. The average molecular weight is 452 g/mol. The number of aromatic carboxylic acids is 1. The van der Waals surface area contributed by atoms with Gasteiger partial charge in [-0.2, -0.15) is 12.6 Å². The predicted molar refractivity (Wildman–Crippen MR) is 109 cm³/mol. The molecule has 2 amide bonds. The quantitative estimate of drug-likeness (QED) is 0.343. The topological polar surface area (TPSA) is 152 Å². The molecule has 1 aliphatic rings. The van der Waals surface area contributed by atoms with E-state index in [9.17, 15) is 24.5 Å². The molecule has 2 atom stereocenters. The molecule has 1 aliphatic heterocycles. The number of likely N-dealkylation sites (tertiary alicyclic amines) is 1. The van der Waals surface area contributed by atoms with E-state index in [1.165, 1.54) is 29.2 Å². The molecule has 2 aromatic rings. The average Bonchev–Trinajstić information content (AvgIpc) is 3.33.